The first-order valence-electron chi connectivity index (χ1n) is 5.70. The highest BCUT2D eigenvalue weighted by atomic mass is 79.9. The molecule has 0 fully saturated rings. The highest BCUT2D eigenvalue weighted by Crippen LogP contribution is 2.21. The molecule has 3 N–H and O–H groups in total. The van der Waals surface area contributed by atoms with Gasteiger partial charge in [0.2, 0.25) is 11.9 Å². The van der Waals surface area contributed by atoms with Gasteiger partial charge >= 0.3 is 0 Å². The number of nitrogens with zero attached hydrogens (tertiary/aromatic N) is 6. The highest BCUT2D eigenvalue weighted by Gasteiger charge is 2.08. The van der Waals surface area contributed by atoms with E-state index in [4.69, 9.17) is 5.73 Å². The SMILES string of the molecule is Nc1nc(Nc2ccc(Br)c(F)c2)nc(-n2cncn2)n1. The Morgan fingerprint density at radius 1 is 1.24 bits per heavy atom. The largest absolute Gasteiger partial charge is 0.368 e. The number of nitrogens with one attached hydrogen (secondary N) is 1. The van der Waals surface area contributed by atoms with Crippen molar-refractivity contribution in [3.05, 3.63) is 41.1 Å². The van der Waals surface area contributed by atoms with Crippen molar-refractivity contribution in [1.29, 1.82) is 0 Å². The molecule has 0 saturated heterocycles. The molecule has 21 heavy (non-hydrogen) atoms. The van der Waals surface area contributed by atoms with Gasteiger partial charge < -0.3 is 11.1 Å². The predicted molar refractivity (Wildman–Crippen MR) is 76.5 cm³/mol. The molecule has 0 radical (unpaired) electrons. The Labute approximate surface area is 126 Å². The second-order valence-electron chi connectivity index (χ2n) is 3.91. The van der Waals surface area contributed by atoms with Gasteiger partial charge in [0, 0.05) is 5.69 Å². The summed E-state index contributed by atoms with van der Waals surface area (Å²) in [5.41, 5.74) is 6.11. The lowest BCUT2D eigenvalue weighted by molar-refractivity contribution is 0.622. The number of benzene rings is 1. The van der Waals surface area contributed by atoms with Crippen LogP contribution in [0.5, 0.6) is 0 Å². The molecule has 10 heteroatoms. The van der Waals surface area contributed by atoms with E-state index in [2.05, 4.69) is 46.3 Å². The van der Waals surface area contributed by atoms with E-state index in [1.807, 2.05) is 0 Å². The van der Waals surface area contributed by atoms with Crippen LogP contribution in [-0.2, 0) is 0 Å². The van der Waals surface area contributed by atoms with Crippen molar-refractivity contribution < 1.29 is 4.39 Å². The van der Waals surface area contributed by atoms with Gasteiger partial charge in [-0.15, -0.1) is 0 Å². The van der Waals surface area contributed by atoms with E-state index in [0.717, 1.165) is 0 Å². The summed E-state index contributed by atoms with van der Waals surface area (Å²) in [5.74, 6) is -0.0103. The van der Waals surface area contributed by atoms with Gasteiger partial charge in [0.25, 0.3) is 5.95 Å². The molecule has 3 rings (SSSR count). The standard InChI is InChI=1S/C11H8BrFN8/c12-7-2-1-6(3-8(7)13)17-10-18-9(14)19-11(20-10)21-5-15-4-16-21/h1-5H,(H3,14,17,18,19,20). The van der Waals surface area contributed by atoms with Gasteiger partial charge in [-0.2, -0.15) is 24.7 Å². The number of aromatic nitrogens is 6. The van der Waals surface area contributed by atoms with Crippen LogP contribution >= 0.6 is 15.9 Å². The van der Waals surface area contributed by atoms with Crippen LogP contribution in [0.25, 0.3) is 5.95 Å². The number of hydrogen-bond donors (Lipinski definition) is 2. The molecule has 2 heterocycles. The van der Waals surface area contributed by atoms with Crippen molar-refractivity contribution in [1.82, 2.24) is 29.7 Å². The van der Waals surface area contributed by atoms with Crippen molar-refractivity contribution in [3.8, 4) is 5.95 Å². The number of hydrogen-bond acceptors (Lipinski definition) is 7. The Hall–Kier alpha value is -2.62. The Morgan fingerprint density at radius 2 is 2.10 bits per heavy atom. The fourth-order valence-electron chi connectivity index (χ4n) is 1.55. The molecule has 0 aliphatic heterocycles. The monoisotopic (exact) mass is 350 g/mol. The van der Waals surface area contributed by atoms with E-state index in [1.54, 1.807) is 12.1 Å². The van der Waals surface area contributed by atoms with Crippen molar-refractivity contribution in [2.45, 2.75) is 0 Å². The van der Waals surface area contributed by atoms with Crippen LogP contribution in [0.15, 0.2) is 35.3 Å². The predicted octanol–water partition coefficient (Wildman–Crippen LogP) is 1.68. The minimum Gasteiger partial charge on any atom is -0.368 e. The van der Waals surface area contributed by atoms with Crippen molar-refractivity contribution in [2.24, 2.45) is 0 Å². The zero-order valence-electron chi connectivity index (χ0n) is 10.4. The first-order valence-corrected chi connectivity index (χ1v) is 6.50. The normalized spacial score (nSPS) is 10.6. The number of anilines is 3. The summed E-state index contributed by atoms with van der Waals surface area (Å²) >= 11 is 3.08. The lowest BCUT2D eigenvalue weighted by atomic mass is 10.3. The second kappa shape index (κ2) is 5.40. The minimum atomic E-state index is -0.404. The van der Waals surface area contributed by atoms with E-state index < -0.39 is 5.82 Å². The molecule has 0 atom stereocenters. The van der Waals surface area contributed by atoms with Gasteiger partial charge in [0.05, 0.1) is 4.47 Å². The van der Waals surface area contributed by atoms with Crippen LogP contribution < -0.4 is 11.1 Å². The number of rotatable bonds is 3. The molecule has 0 aliphatic rings. The fourth-order valence-corrected chi connectivity index (χ4v) is 1.80. The van der Waals surface area contributed by atoms with E-state index >= 15 is 0 Å². The number of halogens is 2. The quantitative estimate of drug-likeness (QED) is 0.739. The number of nitrogen functional groups attached to an aromatic ring is 1. The van der Waals surface area contributed by atoms with Gasteiger partial charge in [-0.1, -0.05) is 0 Å². The molecular weight excluding hydrogens is 343 g/mol. The molecule has 0 saturated carbocycles. The Morgan fingerprint density at radius 3 is 2.81 bits per heavy atom. The van der Waals surface area contributed by atoms with Gasteiger partial charge in [0.15, 0.2) is 0 Å². The summed E-state index contributed by atoms with van der Waals surface area (Å²) in [4.78, 5) is 15.8. The maximum absolute atomic E-state index is 13.5. The van der Waals surface area contributed by atoms with Crippen LogP contribution in [0, 0.1) is 5.82 Å². The molecule has 0 bridgehead atoms. The van der Waals surface area contributed by atoms with Gasteiger partial charge in [0.1, 0.15) is 18.5 Å². The maximum atomic E-state index is 13.5. The van der Waals surface area contributed by atoms with Crippen LogP contribution in [-0.4, -0.2) is 29.7 Å². The molecule has 2 aromatic heterocycles. The van der Waals surface area contributed by atoms with E-state index in [-0.39, 0.29) is 17.8 Å². The van der Waals surface area contributed by atoms with Gasteiger partial charge in [-0.25, -0.2) is 9.37 Å². The summed E-state index contributed by atoms with van der Waals surface area (Å²) in [5, 5.41) is 6.76. The van der Waals surface area contributed by atoms with Crippen molar-refractivity contribution in [3.63, 3.8) is 0 Å². The van der Waals surface area contributed by atoms with Crippen molar-refractivity contribution in [2.75, 3.05) is 11.1 Å². The van der Waals surface area contributed by atoms with Crippen LogP contribution in [0.2, 0.25) is 0 Å². The topological polar surface area (TPSA) is 107 Å². The smallest absolute Gasteiger partial charge is 0.258 e. The molecule has 8 nitrogen and oxygen atoms in total. The first kappa shape index (κ1) is 13.4. The van der Waals surface area contributed by atoms with E-state index in [0.29, 0.717) is 10.2 Å². The molecule has 3 aromatic rings. The summed E-state index contributed by atoms with van der Waals surface area (Å²) in [6.45, 7) is 0. The molecular formula is C11H8BrFN8. The van der Waals surface area contributed by atoms with Crippen LogP contribution in [0.3, 0.4) is 0 Å². The summed E-state index contributed by atoms with van der Waals surface area (Å²) in [6.07, 6.45) is 2.77. The van der Waals surface area contributed by atoms with Crippen LogP contribution in [0.1, 0.15) is 0 Å². The summed E-state index contributed by atoms with van der Waals surface area (Å²) in [6, 6.07) is 4.54. The average molecular weight is 351 g/mol. The van der Waals surface area contributed by atoms with E-state index in [1.165, 1.54) is 23.4 Å². The number of nitrogens with two attached hydrogens (primary N) is 1. The second-order valence-corrected chi connectivity index (χ2v) is 4.77. The molecule has 0 unspecified atom stereocenters. The third-order valence-corrected chi connectivity index (χ3v) is 3.08. The fraction of sp³-hybridized carbons (Fsp3) is 0. The van der Waals surface area contributed by atoms with E-state index in [9.17, 15) is 4.39 Å². The summed E-state index contributed by atoms with van der Waals surface area (Å²) in [7, 11) is 0. The lowest BCUT2D eigenvalue weighted by Gasteiger charge is -2.07. The first-order chi connectivity index (χ1) is 10.1. The Balaban J connectivity index is 1.93. The summed E-state index contributed by atoms with van der Waals surface area (Å²) < 4.78 is 15.2. The zero-order chi connectivity index (χ0) is 14.8. The molecule has 0 amide bonds. The van der Waals surface area contributed by atoms with Crippen LogP contribution in [0.4, 0.5) is 22.0 Å². The van der Waals surface area contributed by atoms with Gasteiger partial charge in [-0.05, 0) is 34.1 Å². The minimum absolute atomic E-state index is 0.00980. The molecule has 1 aromatic carbocycles. The molecule has 0 spiro atoms. The lowest BCUT2D eigenvalue weighted by Crippen LogP contribution is -2.09. The Bertz CT molecular complexity index is 776. The molecule has 106 valence electrons. The molecule has 0 aliphatic carbocycles. The third-order valence-electron chi connectivity index (χ3n) is 2.44. The zero-order valence-corrected chi connectivity index (χ0v) is 12.0. The van der Waals surface area contributed by atoms with Gasteiger partial charge in [-0.3, -0.25) is 0 Å². The maximum Gasteiger partial charge on any atom is 0.258 e. The third kappa shape index (κ3) is 2.94. The van der Waals surface area contributed by atoms with Crippen molar-refractivity contribution >= 4 is 33.5 Å². The highest BCUT2D eigenvalue weighted by molar-refractivity contribution is 9.10. The Kier molecular flexibility index (Phi) is 3.44. The average Bonchev–Trinajstić information content (AvgIpc) is 2.96.